The topological polar surface area (TPSA) is 63.4 Å². The number of sulfonamides is 1. The predicted molar refractivity (Wildman–Crippen MR) is 86.7 cm³/mol. The fraction of sp³-hybridized carbons (Fsp3) is 0.625. The molecule has 1 aromatic carbocycles. The van der Waals surface area contributed by atoms with E-state index in [9.17, 15) is 8.42 Å². The minimum atomic E-state index is -3.46. The van der Waals surface area contributed by atoms with Crippen LogP contribution >= 0.6 is 0 Å². The van der Waals surface area contributed by atoms with Crippen LogP contribution in [0, 0.1) is 0 Å². The highest BCUT2D eigenvalue weighted by molar-refractivity contribution is 7.89. The van der Waals surface area contributed by atoms with E-state index in [0.717, 1.165) is 31.2 Å². The number of hydrogen-bond donors (Lipinski definition) is 1. The van der Waals surface area contributed by atoms with E-state index in [0.29, 0.717) is 23.5 Å². The Kier molecular flexibility index (Phi) is 5.27. The Morgan fingerprint density at radius 2 is 1.86 bits per heavy atom. The lowest BCUT2D eigenvalue weighted by Crippen LogP contribution is -2.41. The van der Waals surface area contributed by atoms with Crippen molar-refractivity contribution in [2.45, 2.75) is 63.3 Å². The molecule has 0 amide bonds. The summed E-state index contributed by atoms with van der Waals surface area (Å²) in [6.45, 7) is 4.41. The number of rotatable bonds is 5. The minimum absolute atomic E-state index is 0.139. The van der Waals surface area contributed by atoms with Crippen molar-refractivity contribution in [1.29, 1.82) is 0 Å². The summed E-state index contributed by atoms with van der Waals surface area (Å²) in [4.78, 5) is 0.387. The normalized spacial score (nSPS) is 17.3. The lowest BCUT2D eigenvalue weighted by atomic mass is 9.95. The van der Waals surface area contributed by atoms with Gasteiger partial charge in [-0.15, -0.1) is 0 Å². The van der Waals surface area contributed by atoms with Crippen LogP contribution in [0.25, 0.3) is 0 Å². The third kappa shape index (κ3) is 3.40. The van der Waals surface area contributed by atoms with Gasteiger partial charge in [-0.25, -0.2) is 8.42 Å². The molecule has 0 unspecified atom stereocenters. The van der Waals surface area contributed by atoms with Crippen LogP contribution in [0.15, 0.2) is 23.1 Å². The molecule has 2 N–H and O–H groups in total. The van der Waals surface area contributed by atoms with Crippen LogP contribution in [0.5, 0.6) is 0 Å². The van der Waals surface area contributed by atoms with Crippen molar-refractivity contribution in [3.63, 3.8) is 0 Å². The Morgan fingerprint density at radius 1 is 1.19 bits per heavy atom. The second-order valence-corrected chi connectivity index (χ2v) is 7.58. The lowest BCUT2D eigenvalue weighted by Gasteiger charge is -2.33. The first kappa shape index (κ1) is 16.3. The molecule has 21 heavy (non-hydrogen) atoms. The molecule has 0 saturated heterocycles. The van der Waals surface area contributed by atoms with Gasteiger partial charge in [-0.2, -0.15) is 4.31 Å². The number of benzene rings is 1. The SMILES string of the molecule is CCc1ccc(N)cc1S(=O)(=O)N(CC)C1CCCCC1. The molecule has 0 radical (unpaired) electrons. The Hall–Kier alpha value is -1.07. The lowest BCUT2D eigenvalue weighted by molar-refractivity contribution is 0.261. The molecule has 1 saturated carbocycles. The molecule has 0 atom stereocenters. The summed E-state index contributed by atoms with van der Waals surface area (Å²) in [5.41, 5.74) is 7.17. The van der Waals surface area contributed by atoms with Gasteiger partial charge in [0, 0.05) is 18.3 Å². The standard InChI is InChI=1S/C16H26N2O2S/c1-3-13-10-11-14(17)12-16(13)21(19,20)18(4-2)15-8-6-5-7-9-15/h10-12,15H,3-9,17H2,1-2H3. The number of nitrogens with zero attached hydrogens (tertiary/aromatic N) is 1. The fourth-order valence-electron chi connectivity index (χ4n) is 3.22. The van der Waals surface area contributed by atoms with E-state index in [1.54, 1.807) is 16.4 Å². The second-order valence-electron chi connectivity index (χ2n) is 5.72. The molecule has 4 nitrogen and oxygen atoms in total. The van der Waals surface area contributed by atoms with Crippen LogP contribution in [0.4, 0.5) is 5.69 Å². The van der Waals surface area contributed by atoms with Gasteiger partial charge < -0.3 is 5.73 Å². The highest BCUT2D eigenvalue weighted by atomic mass is 32.2. The molecule has 5 heteroatoms. The quantitative estimate of drug-likeness (QED) is 0.850. The summed E-state index contributed by atoms with van der Waals surface area (Å²) < 4.78 is 27.8. The highest BCUT2D eigenvalue weighted by Gasteiger charge is 2.32. The first-order chi connectivity index (χ1) is 10.0. The smallest absolute Gasteiger partial charge is 0.243 e. The summed E-state index contributed by atoms with van der Waals surface area (Å²) in [6.07, 6.45) is 6.08. The van der Waals surface area contributed by atoms with Crippen LogP contribution < -0.4 is 5.73 Å². The Bertz CT molecular complexity index is 578. The monoisotopic (exact) mass is 310 g/mol. The average molecular weight is 310 g/mol. The second kappa shape index (κ2) is 6.79. The highest BCUT2D eigenvalue weighted by Crippen LogP contribution is 2.30. The van der Waals surface area contributed by atoms with Crippen LogP contribution in [-0.2, 0) is 16.4 Å². The van der Waals surface area contributed by atoms with Crippen molar-refractivity contribution < 1.29 is 8.42 Å². The zero-order valence-corrected chi connectivity index (χ0v) is 13.8. The van der Waals surface area contributed by atoms with Crippen LogP contribution in [0.1, 0.15) is 51.5 Å². The minimum Gasteiger partial charge on any atom is -0.399 e. The van der Waals surface area contributed by atoms with E-state index in [2.05, 4.69) is 0 Å². The largest absolute Gasteiger partial charge is 0.399 e. The molecule has 0 aliphatic heterocycles. The molecule has 1 aromatic rings. The van der Waals surface area contributed by atoms with E-state index >= 15 is 0 Å². The maximum atomic E-state index is 13.1. The van der Waals surface area contributed by atoms with Crippen molar-refractivity contribution >= 4 is 15.7 Å². The third-order valence-corrected chi connectivity index (χ3v) is 6.46. The molecule has 1 aliphatic carbocycles. The molecule has 0 spiro atoms. The van der Waals surface area contributed by atoms with Gasteiger partial charge in [0.2, 0.25) is 10.0 Å². The van der Waals surface area contributed by atoms with Gasteiger partial charge in [-0.1, -0.05) is 39.2 Å². The van der Waals surface area contributed by atoms with Gasteiger partial charge in [0.15, 0.2) is 0 Å². The number of hydrogen-bond acceptors (Lipinski definition) is 3. The summed E-state index contributed by atoms with van der Waals surface area (Å²) >= 11 is 0. The fourth-order valence-corrected chi connectivity index (χ4v) is 5.25. The van der Waals surface area contributed by atoms with Crippen molar-refractivity contribution in [3.05, 3.63) is 23.8 Å². The van der Waals surface area contributed by atoms with Gasteiger partial charge >= 0.3 is 0 Å². The van der Waals surface area contributed by atoms with Gasteiger partial charge in [0.1, 0.15) is 0 Å². The number of nitrogens with two attached hydrogens (primary N) is 1. The van der Waals surface area contributed by atoms with Gasteiger partial charge in [-0.3, -0.25) is 0 Å². The third-order valence-electron chi connectivity index (χ3n) is 4.35. The summed E-state index contributed by atoms with van der Waals surface area (Å²) in [7, 11) is -3.46. The molecule has 0 bridgehead atoms. The van der Waals surface area contributed by atoms with E-state index < -0.39 is 10.0 Å². The van der Waals surface area contributed by atoms with Gasteiger partial charge in [0.25, 0.3) is 0 Å². The van der Waals surface area contributed by atoms with E-state index in [1.807, 2.05) is 19.9 Å². The van der Waals surface area contributed by atoms with Crippen LogP contribution in [0.2, 0.25) is 0 Å². The van der Waals surface area contributed by atoms with Gasteiger partial charge in [0.05, 0.1) is 4.90 Å². The maximum Gasteiger partial charge on any atom is 0.243 e. The zero-order valence-electron chi connectivity index (χ0n) is 13.0. The van der Waals surface area contributed by atoms with Crippen molar-refractivity contribution in [2.24, 2.45) is 0 Å². The molecule has 118 valence electrons. The van der Waals surface area contributed by atoms with Crippen LogP contribution in [0.3, 0.4) is 0 Å². The number of anilines is 1. The molecule has 1 aliphatic rings. The molecular weight excluding hydrogens is 284 g/mol. The zero-order chi connectivity index (χ0) is 15.5. The van der Waals surface area contributed by atoms with Crippen molar-refractivity contribution in [2.75, 3.05) is 12.3 Å². The summed E-state index contributed by atoms with van der Waals surface area (Å²) in [5.74, 6) is 0. The number of nitrogen functional groups attached to an aromatic ring is 1. The summed E-state index contributed by atoms with van der Waals surface area (Å²) in [6, 6.07) is 5.35. The first-order valence-corrected chi connectivity index (χ1v) is 9.35. The Morgan fingerprint density at radius 3 is 2.43 bits per heavy atom. The molecular formula is C16H26N2O2S. The number of aryl methyl sites for hydroxylation is 1. The molecule has 2 rings (SSSR count). The van der Waals surface area contributed by atoms with E-state index in [4.69, 9.17) is 5.73 Å². The van der Waals surface area contributed by atoms with Crippen molar-refractivity contribution in [3.8, 4) is 0 Å². The van der Waals surface area contributed by atoms with Crippen molar-refractivity contribution in [1.82, 2.24) is 4.31 Å². The van der Waals surface area contributed by atoms with Gasteiger partial charge in [-0.05, 0) is 37.0 Å². The molecule has 0 aromatic heterocycles. The summed E-state index contributed by atoms with van der Waals surface area (Å²) in [5, 5.41) is 0. The Balaban J connectivity index is 2.41. The Labute approximate surface area is 128 Å². The molecule has 1 fully saturated rings. The molecule has 0 heterocycles. The average Bonchev–Trinajstić information content (AvgIpc) is 2.49. The predicted octanol–water partition coefficient (Wildman–Crippen LogP) is 3.17. The maximum absolute atomic E-state index is 13.1. The van der Waals surface area contributed by atoms with E-state index in [1.165, 1.54) is 6.42 Å². The van der Waals surface area contributed by atoms with Crippen LogP contribution in [-0.4, -0.2) is 25.3 Å². The first-order valence-electron chi connectivity index (χ1n) is 7.91. The van der Waals surface area contributed by atoms with E-state index in [-0.39, 0.29) is 6.04 Å².